The lowest BCUT2D eigenvalue weighted by atomic mass is 10.0. The largest absolute Gasteiger partial charge is 0.344 e. The summed E-state index contributed by atoms with van der Waals surface area (Å²) in [5.74, 6) is 0.702. The van der Waals surface area contributed by atoms with Crippen LogP contribution in [0.4, 0.5) is 0 Å². The third-order valence-electron chi connectivity index (χ3n) is 3.55. The van der Waals surface area contributed by atoms with Crippen LogP contribution in [0.25, 0.3) is 22.4 Å². The maximum atomic E-state index is 11.3. The van der Waals surface area contributed by atoms with Crippen molar-refractivity contribution >= 4 is 16.8 Å². The zero-order chi connectivity index (χ0) is 16.6. The normalized spacial score (nSPS) is 11.7. The fourth-order valence-electron chi connectivity index (χ4n) is 2.57. The average molecular weight is 310 g/mol. The molecule has 2 heterocycles. The van der Waals surface area contributed by atoms with Crippen molar-refractivity contribution in [1.29, 1.82) is 0 Å². The van der Waals surface area contributed by atoms with Crippen LogP contribution in [0.5, 0.6) is 0 Å². The first kappa shape index (κ1) is 15.1. The van der Waals surface area contributed by atoms with E-state index < -0.39 is 5.54 Å². The predicted octanol–water partition coefficient (Wildman–Crippen LogP) is 2.96. The molecular formula is C17H18N4O2. The van der Waals surface area contributed by atoms with E-state index in [2.05, 4.69) is 20.4 Å². The number of hydrogen-bond acceptors (Lipinski definition) is 5. The molecule has 0 saturated carbocycles. The lowest BCUT2D eigenvalue weighted by molar-refractivity contribution is -0.120. The highest BCUT2D eigenvalue weighted by molar-refractivity contribution is 5.92. The molecule has 1 aromatic carbocycles. The standard InChI is InChI=1S/C17H18N4O2/c1-10-9-13(12-7-5-6-8-14(12)18-10)15-19-16(21-23-15)17(3,4)20-11(2)22/h5-9H,1-4H3,(H,20,22). The summed E-state index contributed by atoms with van der Waals surface area (Å²) in [6.07, 6.45) is 0. The van der Waals surface area contributed by atoms with Gasteiger partial charge >= 0.3 is 0 Å². The summed E-state index contributed by atoms with van der Waals surface area (Å²) in [4.78, 5) is 20.3. The first-order valence-electron chi connectivity index (χ1n) is 7.36. The summed E-state index contributed by atoms with van der Waals surface area (Å²) in [6, 6.07) is 9.73. The molecule has 1 amide bonds. The van der Waals surface area contributed by atoms with Crippen molar-refractivity contribution in [3.8, 4) is 11.5 Å². The molecule has 118 valence electrons. The first-order valence-corrected chi connectivity index (χ1v) is 7.36. The Balaban J connectivity index is 2.09. The minimum absolute atomic E-state index is 0.147. The maximum absolute atomic E-state index is 11.3. The summed E-state index contributed by atoms with van der Waals surface area (Å²) in [6.45, 7) is 7.05. The Morgan fingerprint density at radius 1 is 1.22 bits per heavy atom. The van der Waals surface area contributed by atoms with E-state index in [1.807, 2.05) is 51.1 Å². The van der Waals surface area contributed by atoms with Crippen LogP contribution in [0.2, 0.25) is 0 Å². The van der Waals surface area contributed by atoms with E-state index in [-0.39, 0.29) is 5.91 Å². The summed E-state index contributed by atoms with van der Waals surface area (Å²) in [7, 11) is 0. The number of rotatable bonds is 3. The van der Waals surface area contributed by atoms with Gasteiger partial charge in [-0.2, -0.15) is 4.98 Å². The molecule has 6 nitrogen and oxygen atoms in total. The van der Waals surface area contributed by atoms with Crippen molar-refractivity contribution in [1.82, 2.24) is 20.4 Å². The molecule has 0 spiro atoms. The number of hydrogen-bond donors (Lipinski definition) is 1. The van der Waals surface area contributed by atoms with Gasteiger partial charge in [0.2, 0.25) is 5.91 Å². The molecule has 23 heavy (non-hydrogen) atoms. The predicted molar refractivity (Wildman–Crippen MR) is 86.6 cm³/mol. The van der Waals surface area contributed by atoms with Crippen LogP contribution in [0.3, 0.4) is 0 Å². The van der Waals surface area contributed by atoms with E-state index in [4.69, 9.17) is 4.52 Å². The molecule has 3 rings (SSSR count). The van der Waals surface area contributed by atoms with Crippen LogP contribution >= 0.6 is 0 Å². The van der Waals surface area contributed by atoms with Crippen LogP contribution in [0.1, 0.15) is 32.3 Å². The van der Waals surface area contributed by atoms with E-state index in [9.17, 15) is 4.79 Å². The molecule has 6 heteroatoms. The highest BCUT2D eigenvalue weighted by atomic mass is 16.5. The van der Waals surface area contributed by atoms with Gasteiger partial charge in [0.25, 0.3) is 5.89 Å². The molecule has 1 N–H and O–H groups in total. The van der Waals surface area contributed by atoms with Gasteiger partial charge in [0, 0.05) is 18.0 Å². The van der Waals surface area contributed by atoms with Gasteiger partial charge in [-0.1, -0.05) is 23.4 Å². The Bertz CT molecular complexity index is 883. The van der Waals surface area contributed by atoms with Gasteiger partial charge in [0.05, 0.1) is 16.6 Å². The smallest absolute Gasteiger partial charge is 0.258 e. The highest BCUT2D eigenvalue weighted by Crippen LogP contribution is 2.29. The monoisotopic (exact) mass is 310 g/mol. The van der Waals surface area contributed by atoms with E-state index >= 15 is 0 Å². The zero-order valence-electron chi connectivity index (χ0n) is 13.5. The molecule has 0 saturated heterocycles. The molecule has 0 unspecified atom stereocenters. The second-order valence-corrected chi connectivity index (χ2v) is 6.06. The average Bonchev–Trinajstić information content (AvgIpc) is 2.95. The SMILES string of the molecule is CC(=O)NC(C)(C)c1noc(-c2cc(C)nc3ccccc23)n1. The number of nitrogens with one attached hydrogen (secondary N) is 1. The first-order chi connectivity index (χ1) is 10.9. The van der Waals surface area contributed by atoms with Crippen molar-refractivity contribution in [2.24, 2.45) is 0 Å². The summed E-state index contributed by atoms with van der Waals surface area (Å²) >= 11 is 0. The molecule has 3 aromatic rings. The Morgan fingerprint density at radius 2 is 1.96 bits per heavy atom. The number of aryl methyl sites for hydroxylation is 1. The second kappa shape index (κ2) is 5.46. The lowest BCUT2D eigenvalue weighted by Gasteiger charge is -2.20. The van der Waals surface area contributed by atoms with Gasteiger partial charge < -0.3 is 9.84 Å². The molecular weight excluding hydrogens is 292 g/mol. The van der Waals surface area contributed by atoms with Crippen molar-refractivity contribution in [2.75, 3.05) is 0 Å². The summed E-state index contributed by atoms with van der Waals surface area (Å²) in [5.41, 5.74) is 1.89. The third-order valence-corrected chi connectivity index (χ3v) is 3.55. The maximum Gasteiger partial charge on any atom is 0.258 e. The molecule has 0 aliphatic heterocycles. The molecule has 0 aliphatic rings. The summed E-state index contributed by atoms with van der Waals surface area (Å²) in [5, 5.41) is 7.79. The van der Waals surface area contributed by atoms with E-state index in [0.717, 1.165) is 22.2 Å². The number of aromatic nitrogens is 3. The van der Waals surface area contributed by atoms with Gasteiger partial charge in [-0.15, -0.1) is 0 Å². The van der Waals surface area contributed by atoms with Crippen LogP contribution in [0.15, 0.2) is 34.9 Å². The molecule has 0 bridgehead atoms. The number of nitrogens with zero attached hydrogens (tertiary/aromatic N) is 3. The molecule has 0 atom stereocenters. The topological polar surface area (TPSA) is 80.9 Å². The van der Waals surface area contributed by atoms with Crippen LogP contribution < -0.4 is 5.32 Å². The number of amides is 1. The number of benzene rings is 1. The quantitative estimate of drug-likeness (QED) is 0.804. The second-order valence-electron chi connectivity index (χ2n) is 6.06. The van der Waals surface area contributed by atoms with Gasteiger partial charge in [-0.3, -0.25) is 9.78 Å². The minimum atomic E-state index is -0.703. The van der Waals surface area contributed by atoms with Crippen LogP contribution in [0, 0.1) is 6.92 Å². The van der Waals surface area contributed by atoms with Gasteiger partial charge in [-0.25, -0.2) is 0 Å². The van der Waals surface area contributed by atoms with Gasteiger partial charge in [0.15, 0.2) is 5.82 Å². The minimum Gasteiger partial charge on any atom is -0.344 e. The fourth-order valence-corrected chi connectivity index (χ4v) is 2.57. The van der Waals surface area contributed by atoms with Crippen LogP contribution in [-0.4, -0.2) is 21.0 Å². The van der Waals surface area contributed by atoms with Crippen molar-refractivity contribution in [3.63, 3.8) is 0 Å². The van der Waals surface area contributed by atoms with Crippen molar-refractivity contribution in [3.05, 3.63) is 41.9 Å². The number of carbonyl (C=O) groups excluding carboxylic acids is 1. The molecule has 0 radical (unpaired) electrons. The molecule has 0 aliphatic carbocycles. The van der Waals surface area contributed by atoms with Gasteiger partial charge in [0.1, 0.15) is 0 Å². The Hall–Kier alpha value is -2.76. The lowest BCUT2D eigenvalue weighted by Crippen LogP contribution is -2.40. The fraction of sp³-hybridized carbons (Fsp3) is 0.294. The molecule has 2 aromatic heterocycles. The number of fused-ring (bicyclic) bond motifs is 1. The number of pyridine rings is 1. The van der Waals surface area contributed by atoms with Crippen molar-refractivity contribution in [2.45, 2.75) is 33.2 Å². The Kier molecular flexibility index (Phi) is 3.60. The number of para-hydroxylation sites is 1. The summed E-state index contributed by atoms with van der Waals surface area (Å²) < 4.78 is 5.44. The van der Waals surface area contributed by atoms with Crippen LogP contribution in [-0.2, 0) is 10.3 Å². The molecule has 0 fully saturated rings. The number of carbonyl (C=O) groups is 1. The Morgan fingerprint density at radius 3 is 2.70 bits per heavy atom. The van der Waals surface area contributed by atoms with E-state index in [1.54, 1.807) is 0 Å². The van der Waals surface area contributed by atoms with Crippen molar-refractivity contribution < 1.29 is 9.32 Å². The van der Waals surface area contributed by atoms with Gasteiger partial charge in [-0.05, 0) is 32.9 Å². The third kappa shape index (κ3) is 2.92. The van der Waals surface area contributed by atoms with E-state index in [0.29, 0.717) is 11.7 Å². The Labute approximate surface area is 133 Å². The van der Waals surface area contributed by atoms with E-state index in [1.165, 1.54) is 6.92 Å². The zero-order valence-corrected chi connectivity index (χ0v) is 13.5. The highest BCUT2D eigenvalue weighted by Gasteiger charge is 2.28.